The van der Waals surface area contributed by atoms with Gasteiger partial charge in [0.25, 0.3) is 0 Å². The Hall–Kier alpha value is -2.11. The fourth-order valence-corrected chi connectivity index (χ4v) is 8.54. The van der Waals surface area contributed by atoms with Crippen LogP contribution in [0.4, 0.5) is 0 Å². The summed E-state index contributed by atoms with van der Waals surface area (Å²) in [7, 11) is 0. The van der Waals surface area contributed by atoms with Crippen molar-refractivity contribution in [2.45, 2.75) is 322 Å². The van der Waals surface area contributed by atoms with E-state index < -0.39 is 6.10 Å². The highest BCUT2D eigenvalue weighted by Gasteiger charge is 2.19. The molecule has 0 aliphatic carbocycles. The summed E-state index contributed by atoms with van der Waals surface area (Å²) in [5.41, 5.74) is 0. The maximum Gasteiger partial charge on any atom is 0.306 e. The first kappa shape index (κ1) is 62.9. The van der Waals surface area contributed by atoms with Crippen LogP contribution < -0.4 is 0 Å². The highest BCUT2D eigenvalue weighted by atomic mass is 16.6. The molecule has 0 aromatic carbocycles. The zero-order chi connectivity index (χ0) is 47.2. The van der Waals surface area contributed by atoms with Crippen molar-refractivity contribution in [2.24, 2.45) is 0 Å². The minimum Gasteiger partial charge on any atom is -0.462 e. The zero-order valence-electron chi connectivity index (χ0n) is 43.8. The molecule has 0 amide bonds. The molecule has 6 heteroatoms. The molecular weight excluding hydrogens is 805 g/mol. The molecule has 0 N–H and O–H groups in total. The quantitative estimate of drug-likeness (QED) is 0.0262. The molecule has 0 saturated carbocycles. The number of carbonyl (C=O) groups is 3. The normalized spacial score (nSPS) is 12.1. The van der Waals surface area contributed by atoms with Gasteiger partial charge in [0.2, 0.25) is 0 Å². The topological polar surface area (TPSA) is 78.9 Å². The molecule has 382 valence electrons. The van der Waals surface area contributed by atoms with Gasteiger partial charge in [0.1, 0.15) is 13.2 Å². The molecule has 1 atom stereocenters. The number of rotatable bonds is 53. The number of ether oxygens (including phenoxy) is 3. The van der Waals surface area contributed by atoms with Gasteiger partial charge < -0.3 is 14.2 Å². The van der Waals surface area contributed by atoms with Crippen LogP contribution in [0.5, 0.6) is 0 Å². The lowest BCUT2D eigenvalue weighted by atomic mass is 10.0. The first-order chi connectivity index (χ1) is 32.0. The summed E-state index contributed by atoms with van der Waals surface area (Å²) in [6.07, 6.45) is 63.2. The maximum absolute atomic E-state index is 12.8. The molecule has 0 aliphatic heterocycles. The Kier molecular flexibility index (Phi) is 52.7. The van der Waals surface area contributed by atoms with Crippen molar-refractivity contribution in [3.05, 3.63) is 24.3 Å². The smallest absolute Gasteiger partial charge is 0.306 e. The summed E-state index contributed by atoms with van der Waals surface area (Å²) in [5, 5.41) is 0. The standard InChI is InChI=1S/C59H110O6/c1-4-7-10-13-16-19-22-24-26-28-30-32-33-35-37-40-43-46-49-52-58(61)64-55-56(54-63-57(60)51-48-45-42-39-21-18-15-12-9-6-3)65-59(62)53-50-47-44-41-38-36-34-31-29-27-25-23-20-17-14-11-8-5-2/h15,18,31,34,56H,4-14,16-17,19-30,32-33,35-55H2,1-3H3/b18-15-,34-31-. The number of esters is 3. The van der Waals surface area contributed by atoms with Crippen LogP contribution in [-0.4, -0.2) is 37.2 Å². The average molecular weight is 916 g/mol. The van der Waals surface area contributed by atoms with Gasteiger partial charge in [-0.05, 0) is 64.2 Å². The van der Waals surface area contributed by atoms with Gasteiger partial charge in [0, 0.05) is 19.3 Å². The summed E-state index contributed by atoms with van der Waals surface area (Å²) in [6.45, 7) is 6.63. The third-order valence-electron chi connectivity index (χ3n) is 12.9. The monoisotopic (exact) mass is 915 g/mol. The van der Waals surface area contributed by atoms with E-state index in [1.54, 1.807) is 0 Å². The molecule has 0 bridgehead atoms. The molecular formula is C59H110O6. The highest BCUT2D eigenvalue weighted by molar-refractivity contribution is 5.71. The van der Waals surface area contributed by atoms with Gasteiger partial charge in [0.15, 0.2) is 6.10 Å². The van der Waals surface area contributed by atoms with E-state index in [0.29, 0.717) is 19.3 Å². The lowest BCUT2D eigenvalue weighted by molar-refractivity contribution is -0.167. The first-order valence-corrected chi connectivity index (χ1v) is 28.8. The summed E-state index contributed by atoms with van der Waals surface area (Å²) in [6, 6.07) is 0. The van der Waals surface area contributed by atoms with Crippen LogP contribution in [0.1, 0.15) is 316 Å². The van der Waals surface area contributed by atoms with E-state index >= 15 is 0 Å². The first-order valence-electron chi connectivity index (χ1n) is 28.8. The second-order valence-corrected chi connectivity index (χ2v) is 19.6. The fraction of sp³-hybridized carbons (Fsp3) is 0.881. The lowest BCUT2D eigenvalue weighted by Crippen LogP contribution is -2.30. The Bertz CT molecular complexity index is 1050. The second kappa shape index (κ2) is 54.5. The van der Waals surface area contributed by atoms with Crippen molar-refractivity contribution in [3.8, 4) is 0 Å². The molecule has 0 aromatic heterocycles. The van der Waals surface area contributed by atoms with Crippen molar-refractivity contribution in [2.75, 3.05) is 13.2 Å². The minimum absolute atomic E-state index is 0.0740. The highest BCUT2D eigenvalue weighted by Crippen LogP contribution is 2.17. The third kappa shape index (κ3) is 52.7. The number of carbonyl (C=O) groups excluding carboxylic acids is 3. The van der Waals surface area contributed by atoms with E-state index in [4.69, 9.17) is 14.2 Å². The Morgan fingerprint density at radius 3 is 0.815 bits per heavy atom. The minimum atomic E-state index is -0.776. The molecule has 0 radical (unpaired) electrons. The predicted octanol–water partition coefficient (Wildman–Crippen LogP) is 19.1. The molecule has 0 rings (SSSR count). The second-order valence-electron chi connectivity index (χ2n) is 19.6. The Morgan fingerprint density at radius 1 is 0.292 bits per heavy atom. The SMILES string of the molecule is CCCC/C=C\CCCCCCC(=O)OCC(COC(=O)CCCCCCCCCCCCCCCCCCCCC)OC(=O)CCCCCCC/C=C\CCCCCCCCCCC. The number of allylic oxidation sites excluding steroid dienone is 4. The fourth-order valence-electron chi connectivity index (χ4n) is 8.54. The summed E-state index contributed by atoms with van der Waals surface area (Å²) < 4.78 is 16.8. The van der Waals surface area contributed by atoms with E-state index in [0.717, 1.165) is 83.5 Å². The molecule has 0 aromatic rings. The molecule has 1 unspecified atom stereocenters. The maximum atomic E-state index is 12.8. The number of hydrogen-bond acceptors (Lipinski definition) is 6. The van der Waals surface area contributed by atoms with Crippen LogP contribution in [0.15, 0.2) is 24.3 Å². The molecule has 65 heavy (non-hydrogen) atoms. The van der Waals surface area contributed by atoms with Crippen LogP contribution in [0.2, 0.25) is 0 Å². The van der Waals surface area contributed by atoms with Gasteiger partial charge in [-0.3, -0.25) is 14.4 Å². The summed E-state index contributed by atoms with van der Waals surface area (Å²) in [4.78, 5) is 38.0. The average Bonchev–Trinajstić information content (AvgIpc) is 3.30. The van der Waals surface area contributed by atoms with Gasteiger partial charge in [-0.1, -0.05) is 257 Å². The Morgan fingerprint density at radius 2 is 0.523 bits per heavy atom. The third-order valence-corrected chi connectivity index (χ3v) is 12.9. The van der Waals surface area contributed by atoms with E-state index in [-0.39, 0.29) is 31.1 Å². The van der Waals surface area contributed by atoms with Gasteiger partial charge in [-0.2, -0.15) is 0 Å². The van der Waals surface area contributed by atoms with Crippen LogP contribution in [-0.2, 0) is 28.6 Å². The lowest BCUT2D eigenvalue weighted by Gasteiger charge is -2.18. The van der Waals surface area contributed by atoms with Crippen LogP contribution in [0.3, 0.4) is 0 Å². The van der Waals surface area contributed by atoms with Gasteiger partial charge in [-0.25, -0.2) is 0 Å². The van der Waals surface area contributed by atoms with Crippen LogP contribution in [0, 0.1) is 0 Å². The number of hydrogen-bond donors (Lipinski definition) is 0. The summed E-state index contributed by atoms with van der Waals surface area (Å²) >= 11 is 0. The summed E-state index contributed by atoms with van der Waals surface area (Å²) in [5.74, 6) is -0.878. The van der Waals surface area contributed by atoms with Crippen molar-refractivity contribution in [3.63, 3.8) is 0 Å². The van der Waals surface area contributed by atoms with Crippen LogP contribution >= 0.6 is 0 Å². The molecule has 0 saturated heterocycles. The van der Waals surface area contributed by atoms with Gasteiger partial charge in [0.05, 0.1) is 0 Å². The van der Waals surface area contributed by atoms with E-state index in [1.807, 2.05) is 0 Å². The molecule has 0 aliphatic rings. The molecule has 6 nitrogen and oxygen atoms in total. The van der Waals surface area contributed by atoms with Crippen LogP contribution in [0.25, 0.3) is 0 Å². The molecule has 0 fully saturated rings. The van der Waals surface area contributed by atoms with E-state index in [9.17, 15) is 14.4 Å². The zero-order valence-corrected chi connectivity index (χ0v) is 43.8. The van der Waals surface area contributed by atoms with E-state index in [2.05, 4.69) is 45.1 Å². The molecule has 0 heterocycles. The number of unbranched alkanes of at least 4 members (excludes halogenated alkanes) is 38. The van der Waals surface area contributed by atoms with Crippen molar-refractivity contribution in [1.82, 2.24) is 0 Å². The molecule has 0 spiro atoms. The predicted molar refractivity (Wildman–Crippen MR) is 279 cm³/mol. The Labute approximate surface area is 404 Å². The largest absolute Gasteiger partial charge is 0.462 e. The van der Waals surface area contributed by atoms with Crippen molar-refractivity contribution >= 4 is 17.9 Å². The van der Waals surface area contributed by atoms with Gasteiger partial charge in [-0.15, -0.1) is 0 Å². The van der Waals surface area contributed by atoms with Gasteiger partial charge >= 0.3 is 17.9 Å². The Balaban J connectivity index is 4.27. The van der Waals surface area contributed by atoms with Crippen molar-refractivity contribution < 1.29 is 28.6 Å². The van der Waals surface area contributed by atoms with Crippen molar-refractivity contribution in [1.29, 1.82) is 0 Å². The van der Waals surface area contributed by atoms with E-state index in [1.165, 1.54) is 193 Å².